The van der Waals surface area contributed by atoms with E-state index in [1.807, 2.05) is 0 Å². The van der Waals surface area contributed by atoms with Crippen LogP contribution in [0, 0.1) is 0 Å². The monoisotopic (exact) mass is 382 g/mol. The lowest BCUT2D eigenvalue weighted by atomic mass is 9.77. The van der Waals surface area contributed by atoms with Crippen LogP contribution in [0.3, 0.4) is 0 Å². The van der Waals surface area contributed by atoms with Crippen LogP contribution in [0.5, 0.6) is 0 Å². The van der Waals surface area contributed by atoms with E-state index in [4.69, 9.17) is 4.74 Å². The Balaban J connectivity index is 1.37. The van der Waals surface area contributed by atoms with Crippen molar-refractivity contribution >= 4 is 5.91 Å². The molecule has 1 saturated carbocycles. The highest BCUT2D eigenvalue weighted by molar-refractivity contribution is 5.82. The molecule has 1 aromatic carbocycles. The predicted molar refractivity (Wildman–Crippen MR) is 94.0 cm³/mol. The summed E-state index contributed by atoms with van der Waals surface area (Å²) < 4.78 is 44.7. The predicted octanol–water partition coefficient (Wildman–Crippen LogP) is 3.50. The van der Waals surface area contributed by atoms with Crippen LogP contribution in [-0.2, 0) is 22.3 Å². The van der Waals surface area contributed by atoms with Gasteiger partial charge in [0, 0.05) is 19.1 Å². The van der Waals surface area contributed by atoms with E-state index in [-0.39, 0.29) is 30.1 Å². The molecule has 1 amide bonds. The first kappa shape index (κ1) is 18.7. The summed E-state index contributed by atoms with van der Waals surface area (Å²) in [5.74, 6) is -0.0202. The molecule has 2 saturated heterocycles. The zero-order valence-electron chi connectivity index (χ0n) is 15.2. The molecule has 3 aliphatic rings. The number of rotatable bonds is 4. The Bertz CT molecular complexity index is 703. The van der Waals surface area contributed by atoms with Crippen LogP contribution in [0.2, 0.25) is 0 Å². The third-order valence-corrected chi connectivity index (χ3v) is 6.07. The van der Waals surface area contributed by atoms with Gasteiger partial charge in [0.25, 0.3) is 0 Å². The smallest absolute Gasteiger partial charge is 0.373 e. The molecular weight excluding hydrogens is 357 g/mol. The van der Waals surface area contributed by atoms with Crippen molar-refractivity contribution in [3.05, 3.63) is 35.4 Å². The van der Waals surface area contributed by atoms with Gasteiger partial charge < -0.3 is 15.0 Å². The number of halogens is 3. The van der Waals surface area contributed by atoms with E-state index in [1.54, 1.807) is 11.0 Å². The van der Waals surface area contributed by atoms with Crippen LogP contribution in [0.1, 0.15) is 49.7 Å². The molecule has 1 spiro atoms. The summed E-state index contributed by atoms with van der Waals surface area (Å²) in [6.45, 7) is 1.43. The number of hydrogen-bond acceptors (Lipinski definition) is 3. The number of benzene rings is 1. The van der Waals surface area contributed by atoms with Crippen LogP contribution in [0.15, 0.2) is 24.3 Å². The Morgan fingerprint density at radius 3 is 2.74 bits per heavy atom. The number of carbonyl (C=O) groups is 1. The van der Waals surface area contributed by atoms with Crippen molar-refractivity contribution in [2.24, 2.45) is 0 Å². The van der Waals surface area contributed by atoms with Crippen LogP contribution >= 0.6 is 0 Å². The summed E-state index contributed by atoms with van der Waals surface area (Å²) in [4.78, 5) is 14.5. The molecule has 1 aromatic rings. The number of ether oxygens (including phenoxy) is 1. The maximum absolute atomic E-state index is 12.9. The van der Waals surface area contributed by atoms with Gasteiger partial charge in [0.05, 0.1) is 23.8 Å². The van der Waals surface area contributed by atoms with Crippen molar-refractivity contribution in [1.82, 2.24) is 10.2 Å². The van der Waals surface area contributed by atoms with Gasteiger partial charge in [0.2, 0.25) is 5.91 Å². The zero-order valence-corrected chi connectivity index (χ0v) is 15.2. The van der Waals surface area contributed by atoms with Crippen LogP contribution in [0.25, 0.3) is 0 Å². The van der Waals surface area contributed by atoms with Crippen molar-refractivity contribution in [1.29, 1.82) is 0 Å². The summed E-state index contributed by atoms with van der Waals surface area (Å²) in [6.07, 6.45) is 1.61. The van der Waals surface area contributed by atoms with Gasteiger partial charge in [-0.15, -0.1) is 0 Å². The van der Waals surface area contributed by atoms with Gasteiger partial charge in [-0.25, -0.2) is 0 Å². The van der Waals surface area contributed by atoms with Crippen LogP contribution in [0.4, 0.5) is 13.2 Å². The highest BCUT2D eigenvalue weighted by Gasteiger charge is 2.46. The summed E-state index contributed by atoms with van der Waals surface area (Å²) in [5, 5.41) is 3.45. The number of alkyl halides is 3. The lowest BCUT2D eigenvalue weighted by Gasteiger charge is -2.37. The highest BCUT2D eigenvalue weighted by Crippen LogP contribution is 2.43. The van der Waals surface area contributed by atoms with Crippen molar-refractivity contribution in [2.45, 2.75) is 68.9 Å². The standard InChI is InChI=1S/C20H25F3N2O2/c21-20(22,23)15-5-1-4-14(10-15)12-25-9-2-6-17(18(25)26)24-16-11-19(27-13-16)7-3-8-19/h1,4-5,10,16-17,24H,2-3,6-9,11-13H2. The molecular formula is C20H25F3N2O2. The Morgan fingerprint density at radius 2 is 2.07 bits per heavy atom. The average molecular weight is 382 g/mol. The normalized spacial score (nSPS) is 27.8. The molecule has 2 atom stereocenters. The van der Waals surface area contributed by atoms with E-state index in [2.05, 4.69) is 5.32 Å². The molecule has 7 heteroatoms. The van der Waals surface area contributed by atoms with Gasteiger partial charge in [0.15, 0.2) is 0 Å². The molecule has 0 aromatic heterocycles. The first-order chi connectivity index (χ1) is 12.8. The van der Waals surface area contributed by atoms with Crippen LogP contribution in [-0.4, -0.2) is 41.6 Å². The zero-order chi connectivity index (χ0) is 19.1. The molecule has 4 nitrogen and oxygen atoms in total. The lowest BCUT2D eigenvalue weighted by molar-refractivity contribution is -0.137. The minimum absolute atomic E-state index is 0.0202. The number of carbonyl (C=O) groups excluding carboxylic acids is 1. The Hall–Kier alpha value is -1.60. The third-order valence-electron chi connectivity index (χ3n) is 6.07. The number of likely N-dealkylation sites (tertiary alicyclic amines) is 1. The van der Waals surface area contributed by atoms with Gasteiger partial charge in [-0.1, -0.05) is 12.1 Å². The Labute approximate surface area is 157 Å². The largest absolute Gasteiger partial charge is 0.416 e. The van der Waals surface area contributed by atoms with E-state index >= 15 is 0 Å². The fourth-order valence-corrected chi connectivity index (χ4v) is 4.47. The summed E-state index contributed by atoms with van der Waals surface area (Å²) in [7, 11) is 0. The van der Waals surface area contributed by atoms with Crippen molar-refractivity contribution in [3.8, 4) is 0 Å². The second kappa shape index (κ2) is 7.09. The van der Waals surface area contributed by atoms with Gasteiger partial charge in [0.1, 0.15) is 0 Å². The lowest BCUT2D eigenvalue weighted by Crippen LogP contribution is -2.53. The maximum Gasteiger partial charge on any atom is 0.416 e. The SMILES string of the molecule is O=C1C(NC2COC3(CCC3)C2)CCCN1Cc1cccc(C(F)(F)F)c1. The minimum Gasteiger partial charge on any atom is -0.373 e. The van der Waals surface area contributed by atoms with E-state index in [9.17, 15) is 18.0 Å². The molecule has 0 radical (unpaired) electrons. The van der Waals surface area contributed by atoms with Gasteiger partial charge in [-0.2, -0.15) is 13.2 Å². The summed E-state index contributed by atoms with van der Waals surface area (Å²) in [6, 6.07) is 5.15. The number of amides is 1. The molecule has 3 fully saturated rings. The van der Waals surface area contributed by atoms with E-state index in [0.717, 1.165) is 44.2 Å². The number of nitrogens with zero attached hydrogens (tertiary/aromatic N) is 1. The third kappa shape index (κ3) is 3.99. The molecule has 148 valence electrons. The first-order valence-corrected chi connectivity index (χ1v) is 9.70. The molecule has 0 bridgehead atoms. The Kier molecular flexibility index (Phi) is 4.93. The number of hydrogen-bond donors (Lipinski definition) is 1. The summed E-state index contributed by atoms with van der Waals surface area (Å²) in [5.41, 5.74) is -0.128. The fourth-order valence-electron chi connectivity index (χ4n) is 4.47. The van der Waals surface area contributed by atoms with Gasteiger partial charge >= 0.3 is 6.18 Å². The molecule has 2 unspecified atom stereocenters. The van der Waals surface area contributed by atoms with Gasteiger partial charge in [-0.3, -0.25) is 4.79 Å². The molecule has 2 aliphatic heterocycles. The second-order valence-electron chi connectivity index (χ2n) is 8.07. The second-order valence-corrected chi connectivity index (χ2v) is 8.07. The molecule has 27 heavy (non-hydrogen) atoms. The fraction of sp³-hybridized carbons (Fsp3) is 0.650. The number of nitrogens with one attached hydrogen (secondary N) is 1. The molecule has 2 heterocycles. The van der Waals surface area contributed by atoms with Gasteiger partial charge in [-0.05, 0) is 56.2 Å². The maximum atomic E-state index is 12.9. The minimum atomic E-state index is -4.37. The summed E-state index contributed by atoms with van der Waals surface area (Å²) >= 11 is 0. The van der Waals surface area contributed by atoms with Crippen LogP contribution < -0.4 is 5.32 Å². The van der Waals surface area contributed by atoms with E-state index < -0.39 is 11.7 Å². The Morgan fingerprint density at radius 1 is 1.26 bits per heavy atom. The van der Waals surface area contributed by atoms with Crippen molar-refractivity contribution in [3.63, 3.8) is 0 Å². The van der Waals surface area contributed by atoms with Crippen molar-refractivity contribution < 1.29 is 22.7 Å². The molecule has 4 rings (SSSR count). The molecule has 1 aliphatic carbocycles. The molecule has 1 N–H and O–H groups in total. The van der Waals surface area contributed by atoms with E-state index in [0.29, 0.717) is 18.7 Å². The first-order valence-electron chi connectivity index (χ1n) is 9.70. The van der Waals surface area contributed by atoms with E-state index in [1.165, 1.54) is 12.5 Å². The average Bonchev–Trinajstić information content (AvgIpc) is 3.03. The topological polar surface area (TPSA) is 41.6 Å². The number of piperidine rings is 1. The highest BCUT2D eigenvalue weighted by atomic mass is 19.4. The quantitative estimate of drug-likeness (QED) is 0.867. The van der Waals surface area contributed by atoms with Crippen molar-refractivity contribution in [2.75, 3.05) is 13.2 Å².